The van der Waals surface area contributed by atoms with Gasteiger partial charge < -0.3 is 9.26 Å². The molecule has 36 heavy (non-hydrogen) atoms. The van der Waals surface area contributed by atoms with Gasteiger partial charge in [-0.25, -0.2) is 4.98 Å². The minimum Gasteiger partial charge on any atom is -0.496 e. The molecule has 0 fully saturated rings. The summed E-state index contributed by atoms with van der Waals surface area (Å²) in [6.45, 7) is 0. The van der Waals surface area contributed by atoms with Gasteiger partial charge in [-0.2, -0.15) is 4.98 Å². The van der Waals surface area contributed by atoms with Crippen LogP contribution in [0.2, 0.25) is 5.02 Å². The van der Waals surface area contributed by atoms with Crippen molar-refractivity contribution in [3.05, 3.63) is 80.2 Å². The van der Waals surface area contributed by atoms with Crippen molar-refractivity contribution in [2.24, 2.45) is 0 Å². The smallest absolute Gasteiger partial charge is 0.267 e. The Kier molecular flexibility index (Phi) is 6.29. The molecule has 0 radical (unpaired) electrons. The van der Waals surface area contributed by atoms with Gasteiger partial charge in [0, 0.05) is 9.90 Å². The minimum atomic E-state index is -0.0514. The molecule has 3 aromatic heterocycles. The predicted molar refractivity (Wildman–Crippen MR) is 143 cm³/mol. The van der Waals surface area contributed by atoms with Crippen LogP contribution >= 0.6 is 34.7 Å². The van der Waals surface area contributed by atoms with Crippen LogP contribution in [0, 0.1) is 0 Å². The molecule has 1 aliphatic carbocycles. The fourth-order valence-electron chi connectivity index (χ4n) is 4.48. The maximum atomic E-state index is 13.9. The summed E-state index contributed by atoms with van der Waals surface area (Å²) >= 11 is 9.15. The maximum Gasteiger partial charge on any atom is 0.267 e. The molecule has 0 unspecified atom stereocenters. The summed E-state index contributed by atoms with van der Waals surface area (Å²) in [5.41, 5.74) is 2.58. The number of benzene rings is 2. The van der Waals surface area contributed by atoms with Gasteiger partial charge in [-0.05, 0) is 67.6 Å². The molecular weight excluding hydrogens is 516 g/mol. The van der Waals surface area contributed by atoms with Gasteiger partial charge in [-0.3, -0.25) is 9.36 Å². The summed E-state index contributed by atoms with van der Waals surface area (Å²) in [7, 11) is 1.61. The van der Waals surface area contributed by atoms with E-state index >= 15 is 0 Å². The molecular formula is C26H21ClN4O3S2. The lowest BCUT2D eigenvalue weighted by Gasteiger charge is -2.13. The standard InChI is InChI=1S/C26H21ClN4O3S2/c1-33-19-8-4-2-6-17(19)23-28-21(34-30-23)14-35-26-29-24-22(18-7-3-5-9-20(18)36-24)25(32)31(26)16-12-10-15(27)11-13-16/h2,4,6,8,10-13H,3,5,7,9,14H2,1H3. The molecule has 0 saturated carbocycles. The fraction of sp³-hybridized carbons (Fsp3) is 0.231. The average Bonchev–Trinajstić information content (AvgIpc) is 3.53. The number of nitrogens with zero attached hydrogens (tertiary/aromatic N) is 4. The summed E-state index contributed by atoms with van der Waals surface area (Å²) in [4.78, 5) is 25.4. The fourth-order valence-corrected chi connectivity index (χ4v) is 6.76. The second kappa shape index (κ2) is 9.72. The van der Waals surface area contributed by atoms with E-state index in [9.17, 15) is 4.79 Å². The normalized spacial score (nSPS) is 13.2. The lowest BCUT2D eigenvalue weighted by atomic mass is 9.97. The number of fused-ring (bicyclic) bond motifs is 3. The van der Waals surface area contributed by atoms with E-state index < -0.39 is 0 Å². The highest BCUT2D eigenvalue weighted by molar-refractivity contribution is 7.98. The number of thioether (sulfide) groups is 1. The summed E-state index contributed by atoms with van der Waals surface area (Å²) in [5, 5.41) is 6.05. The van der Waals surface area contributed by atoms with Crippen molar-refractivity contribution in [1.29, 1.82) is 0 Å². The first-order valence-electron chi connectivity index (χ1n) is 11.5. The van der Waals surface area contributed by atoms with E-state index in [4.69, 9.17) is 25.8 Å². The molecule has 1 aliphatic rings. The van der Waals surface area contributed by atoms with Crippen LogP contribution in [0.1, 0.15) is 29.2 Å². The maximum absolute atomic E-state index is 13.9. The van der Waals surface area contributed by atoms with Gasteiger partial charge in [0.2, 0.25) is 11.7 Å². The number of para-hydroxylation sites is 1. The van der Waals surface area contributed by atoms with Gasteiger partial charge in [-0.15, -0.1) is 11.3 Å². The third kappa shape index (κ3) is 4.21. The van der Waals surface area contributed by atoms with Gasteiger partial charge in [-0.1, -0.05) is 40.7 Å². The van der Waals surface area contributed by atoms with Crippen LogP contribution in [-0.4, -0.2) is 26.8 Å². The summed E-state index contributed by atoms with van der Waals surface area (Å²) in [6, 6.07) is 14.8. The average molecular weight is 537 g/mol. The highest BCUT2D eigenvalue weighted by Crippen LogP contribution is 2.36. The van der Waals surface area contributed by atoms with Crippen LogP contribution in [0.4, 0.5) is 0 Å². The summed E-state index contributed by atoms with van der Waals surface area (Å²) in [5.74, 6) is 1.91. The van der Waals surface area contributed by atoms with Crippen LogP contribution in [0.3, 0.4) is 0 Å². The van der Waals surface area contributed by atoms with Gasteiger partial charge >= 0.3 is 0 Å². The van der Waals surface area contributed by atoms with Crippen LogP contribution in [0.15, 0.2) is 63.0 Å². The Labute approximate surface area is 220 Å². The second-order valence-corrected chi connectivity index (χ2v) is 10.9. The van der Waals surface area contributed by atoms with Gasteiger partial charge in [0.25, 0.3) is 5.56 Å². The molecule has 3 heterocycles. The molecule has 6 rings (SSSR count). The van der Waals surface area contributed by atoms with Gasteiger partial charge in [0.05, 0.1) is 29.5 Å². The lowest BCUT2D eigenvalue weighted by molar-refractivity contribution is 0.390. The third-order valence-electron chi connectivity index (χ3n) is 6.18. The number of hydrogen-bond acceptors (Lipinski definition) is 8. The van der Waals surface area contributed by atoms with Crippen molar-refractivity contribution in [1.82, 2.24) is 19.7 Å². The molecule has 0 amide bonds. The zero-order chi connectivity index (χ0) is 24.6. The Morgan fingerprint density at radius 1 is 1.11 bits per heavy atom. The number of aromatic nitrogens is 4. The van der Waals surface area contributed by atoms with Gasteiger partial charge in [0.15, 0.2) is 5.16 Å². The molecule has 2 aromatic carbocycles. The summed E-state index contributed by atoms with van der Waals surface area (Å²) in [6.07, 6.45) is 4.18. The second-order valence-electron chi connectivity index (χ2n) is 8.40. The molecule has 10 heteroatoms. The number of ether oxygens (including phenoxy) is 1. The van der Waals surface area contributed by atoms with Gasteiger partial charge in [0.1, 0.15) is 10.6 Å². The Hall–Kier alpha value is -3.14. The van der Waals surface area contributed by atoms with Crippen molar-refractivity contribution < 1.29 is 9.26 Å². The lowest BCUT2D eigenvalue weighted by Crippen LogP contribution is -2.22. The molecule has 182 valence electrons. The SMILES string of the molecule is COc1ccccc1-c1noc(CSc2nc3sc4c(c3c(=O)n2-c2ccc(Cl)cc2)CCCC4)n1. The van der Waals surface area contributed by atoms with E-state index in [1.54, 1.807) is 35.1 Å². The van der Waals surface area contributed by atoms with Crippen LogP contribution in [-0.2, 0) is 18.6 Å². The van der Waals surface area contributed by atoms with E-state index in [-0.39, 0.29) is 5.56 Å². The monoisotopic (exact) mass is 536 g/mol. The number of aryl methyl sites for hydroxylation is 2. The highest BCUT2D eigenvalue weighted by atomic mass is 35.5. The largest absolute Gasteiger partial charge is 0.496 e. The molecule has 5 aromatic rings. The highest BCUT2D eigenvalue weighted by Gasteiger charge is 2.23. The Morgan fingerprint density at radius 2 is 1.92 bits per heavy atom. The van der Waals surface area contributed by atoms with E-state index in [1.807, 2.05) is 36.4 Å². The molecule has 0 spiro atoms. The zero-order valence-corrected chi connectivity index (χ0v) is 21.8. The quantitative estimate of drug-likeness (QED) is 0.185. The minimum absolute atomic E-state index is 0.0514. The topological polar surface area (TPSA) is 83.0 Å². The Bertz CT molecular complexity index is 1630. The molecule has 0 bridgehead atoms. The first-order valence-corrected chi connectivity index (χ1v) is 13.7. The van der Waals surface area contributed by atoms with E-state index in [0.717, 1.165) is 52.7 Å². The molecule has 0 saturated heterocycles. The van der Waals surface area contributed by atoms with E-state index in [1.165, 1.54) is 16.6 Å². The predicted octanol–water partition coefficient (Wildman–Crippen LogP) is 6.33. The number of thiophene rings is 1. The molecule has 0 atom stereocenters. The van der Waals surface area contributed by atoms with E-state index in [2.05, 4.69) is 10.1 Å². The van der Waals surface area contributed by atoms with Crippen molar-refractivity contribution in [2.45, 2.75) is 36.6 Å². The first-order chi connectivity index (χ1) is 17.6. The van der Waals surface area contributed by atoms with Crippen molar-refractivity contribution in [3.8, 4) is 22.8 Å². The first kappa shape index (κ1) is 23.3. The van der Waals surface area contributed by atoms with Crippen LogP contribution in [0.25, 0.3) is 27.3 Å². The third-order valence-corrected chi connectivity index (χ3v) is 8.54. The molecule has 0 aliphatic heterocycles. The zero-order valence-electron chi connectivity index (χ0n) is 19.4. The number of rotatable bonds is 6. The summed E-state index contributed by atoms with van der Waals surface area (Å²) < 4.78 is 12.6. The number of hydrogen-bond donors (Lipinski definition) is 0. The molecule has 7 nitrogen and oxygen atoms in total. The van der Waals surface area contributed by atoms with Crippen LogP contribution < -0.4 is 10.3 Å². The van der Waals surface area contributed by atoms with Crippen molar-refractivity contribution in [3.63, 3.8) is 0 Å². The molecule has 0 N–H and O–H groups in total. The Balaban J connectivity index is 1.39. The number of halogens is 1. The Morgan fingerprint density at radius 3 is 2.75 bits per heavy atom. The number of methoxy groups -OCH3 is 1. The van der Waals surface area contributed by atoms with Crippen molar-refractivity contribution >= 4 is 44.9 Å². The van der Waals surface area contributed by atoms with E-state index in [0.29, 0.717) is 33.4 Å². The van der Waals surface area contributed by atoms with Crippen molar-refractivity contribution in [2.75, 3.05) is 7.11 Å². The van der Waals surface area contributed by atoms with Crippen LogP contribution in [0.5, 0.6) is 5.75 Å².